The highest BCUT2D eigenvalue weighted by molar-refractivity contribution is 5.78. The Kier molecular flexibility index (Phi) is 6.47. The third kappa shape index (κ3) is 6.61. The Morgan fingerprint density at radius 3 is 2.47 bits per heavy atom. The molecule has 100 valence electrons. The highest BCUT2D eigenvalue weighted by Crippen LogP contribution is 2.48. The monoisotopic (exact) mass is 244 g/mol. The van der Waals surface area contributed by atoms with Crippen LogP contribution >= 0.6 is 0 Å². The first-order chi connectivity index (χ1) is 8.18. The van der Waals surface area contributed by atoms with Crippen molar-refractivity contribution in [3.8, 4) is 0 Å². The molecular formula is C12H24N2O3. The summed E-state index contributed by atoms with van der Waals surface area (Å²) < 4.78 is 15.9. The Hall–Kier alpha value is -0.650. The minimum absolute atomic E-state index is 0.169. The van der Waals surface area contributed by atoms with Crippen LogP contribution in [0.25, 0.3) is 0 Å². The maximum Gasteiger partial charge on any atom is 0.0911 e. The van der Waals surface area contributed by atoms with Crippen molar-refractivity contribution in [1.82, 2.24) is 0 Å². The lowest BCUT2D eigenvalue weighted by molar-refractivity contribution is 0.0245. The van der Waals surface area contributed by atoms with Gasteiger partial charge in [0.05, 0.1) is 25.7 Å². The molecule has 0 aromatic rings. The van der Waals surface area contributed by atoms with Crippen LogP contribution in [-0.2, 0) is 14.2 Å². The van der Waals surface area contributed by atoms with Gasteiger partial charge in [-0.25, -0.2) is 0 Å². The summed E-state index contributed by atoms with van der Waals surface area (Å²) >= 11 is 0. The third-order valence-electron chi connectivity index (χ3n) is 2.94. The van der Waals surface area contributed by atoms with Crippen molar-refractivity contribution in [2.45, 2.75) is 25.7 Å². The molecule has 1 aliphatic rings. The third-order valence-corrected chi connectivity index (χ3v) is 2.94. The van der Waals surface area contributed by atoms with Crippen LogP contribution in [0.15, 0.2) is 0 Å². The van der Waals surface area contributed by atoms with Crippen LogP contribution < -0.4 is 5.73 Å². The van der Waals surface area contributed by atoms with E-state index >= 15 is 0 Å². The molecule has 0 aromatic carbocycles. The van der Waals surface area contributed by atoms with Crippen LogP contribution in [0.1, 0.15) is 25.7 Å². The number of hydrogen-bond donors (Lipinski definition) is 2. The van der Waals surface area contributed by atoms with Crippen molar-refractivity contribution in [2.24, 2.45) is 11.1 Å². The fraction of sp³-hybridized carbons (Fsp3) is 0.917. The minimum Gasteiger partial charge on any atom is -0.388 e. The maximum absolute atomic E-state index is 7.29. The van der Waals surface area contributed by atoms with E-state index in [-0.39, 0.29) is 11.3 Å². The smallest absolute Gasteiger partial charge is 0.0911 e. The highest BCUT2D eigenvalue weighted by Gasteiger charge is 2.43. The summed E-state index contributed by atoms with van der Waals surface area (Å²) in [5.41, 5.74) is 5.58. The van der Waals surface area contributed by atoms with Crippen molar-refractivity contribution in [2.75, 3.05) is 40.1 Å². The molecule has 17 heavy (non-hydrogen) atoms. The van der Waals surface area contributed by atoms with Gasteiger partial charge < -0.3 is 19.9 Å². The number of ether oxygens (including phenoxy) is 3. The van der Waals surface area contributed by atoms with Gasteiger partial charge in [0.2, 0.25) is 0 Å². The number of nitrogens with one attached hydrogen (secondary N) is 1. The average Bonchev–Trinajstić information content (AvgIpc) is 3.01. The quantitative estimate of drug-likeness (QED) is 0.325. The molecule has 0 saturated heterocycles. The summed E-state index contributed by atoms with van der Waals surface area (Å²) in [5, 5.41) is 7.29. The molecule has 1 aliphatic carbocycles. The molecule has 0 bridgehead atoms. The molecule has 0 spiro atoms. The van der Waals surface area contributed by atoms with Crippen LogP contribution in [-0.4, -0.2) is 46.0 Å². The summed E-state index contributed by atoms with van der Waals surface area (Å²) in [4.78, 5) is 0. The summed E-state index contributed by atoms with van der Waals surface area (Å²) in [5.74, 6) is 0.266. The van der Waals surface area contributed by atoms with E-state index in [0.29, 0.717) is 26.2 Å². The number of hydrogen-bond acceptors (Lipinski definition) is 4. The van der Waals surface area contributed by atoms with Gasteiger partial charge in [-0.15, -0.1) is 0 Å². The van der Waals surface area contributed by atoms with Gasteiger partial charge in [0.1, 0.15) is 0 Å². The van der Waals surface area contributed by atoms with Crippen LogP contribution in [0.5, 0.6) is 0 Å². The first-order valence-electron chi connectivity index (χ1n) is 6.16. The van der Waals surface area contributed by atoms with Crippen molar-refractivity contribution in [1.29, 1.82) is 5.41 Å². The van der Waals surface area contributed by atoms with E-state index in [1.165, 1.54) is 0 Å². The zero-order valence-electron chi connectivity index (χ0n) is 10.7. The van der Waals surface area contributed by atoms with Crippen LogP contribution in [0, 0.1) is 10.8 Å². The number of rotatable bonds is 11. The van der Waals surface area contributed by atoms with Gasteiger partial charge in [-0.2, -0.15) is 0 Å². The highest BCUT2D eigenvalue weighted by atomic mass is 16.5. The van der Waals surface area contributed by atoms with E-state index in [1.807, 2.05) is 0 Å². The lowest BCUT2D eigenvalue weighted by Crippen LogP contribution is -2.21. The molecule has 0 heterocycles. The SMILES string of the molecule is COCCCOCCOCC1(CC(=N)N)CC1. The Labute approximate surface area is 103 Å². The lowest BCUT2D eigenvalue weighted by atomic mass is 10.0. The Balaban J connectivity index is 1.89. The molecule has 0 aliphatic heterocycles. The van der Waals surface area contributed by atoms with Gasteiger partial charge in [0, 0.05) is 32.2 Å². The summed E-state index contributed by atoms with van der Waals surface area (Å²) in [6.45, 7) is 3.40. The van der Waals surface area contributed by atoms with Gasteiger partial charge in [0.25, 0.3) is 0 Å². The topological polar surface area (TPSA) is 77.6 Å². The van der Waals surface area contributed by atoms with E-state index in [9.17, 15) is 0 Å². The van der Waals surface area contributed by atoms with E-state index in [1.54, 1.807) is 7.11 Å². The van der Waals surface area contributed by atoms with E-state index in [4.69, 9.17) is 25.4 Å². The van der Waals surface area contributed by atoms with Gasteiger partial charge in [-0.1, -0.05) is 0 Å². The molecule has 0 radical (unpaired) electrons. The first kappa shape index (κ1) is 14.4. The molecular weight excluding hydrogens is 220 g/mol. The lowest BCUT2D eigenvalue weighted by Gasteiger charge is -2.14. The average molecular weight is 244 g/mol. The second-order valence-electron chi connectivity index (χ2n) is 4.71. The zero-order valence-corrected chi connectivity index (χ0v) is 10.7. The molecule has 1 rings (SSSR count). The standard InChI is InChI=1S/C12H24N2O3/c1-15-5-2-6-16-7-8-17-10-12(3-4-12)9-11(13)14/h2-10H2,1H3,(H3,13,14). The molecule has 3 N–H and O–H groups in total. The van der Waals surface area contributed by atoms with Crippen molar-refractivity contribution >= 4 is 5.84 Å². The predicted octanol–water partition coefficient (Wildman–Crippen LogP) is 1.16. The normalized spacial score (nSPS) is 17.0. The van der Waals surface area contributed by atoms with Crippen molar-refractivity contribution in [3.63, 3.8) is 0 Å². The fourth-order valence-electron chi connectivity index (χ4n) is 1.77. The van der Waals surface area contributed by atoms with Crippen molar-refractivity contribution < 1.29 is 14.2 Å². The molecule has 0 unspecified atom stereocenters. The second-order valence-corrected chi connectivity index (χ2v) is 4.71. The minimum atomic E-state index is 0.169. The van der Waals surface area contributed by atoms with E-state index < -0.39 is 0 Å². The summed E-state index contributed by atoms with van der Waals surface area (Å²) in [7, 11) is 1.69. The molecule has 5 nitrogen and oxygen atoms in total. The molecule has 5 heteroatoms. The summed E-state index contributed by atoms with van der Waals surface area (Å²) in [6, 6.07) is 0. The van der Waals surface area contributed by atoms with Crippen LogP contribution in [0.3, 0.4) is 0 Å². The van der Waals surface area contributed by atoms with Crippen LogP contribution in [0.2, 0.25) is 0 Å². The largest absolute Gasteiger partial charge is 0.388 e. The Bertz CT molecular complexity index is 230. The Morgan fingerprint density at radius 2 is 1.88 bits per heavy atom. The van der Waals surface area contributed by atoms with Gasteiger partial charge in [-0.05, 0) is 19.3 Å². The molecule has 0 amide bonds. The predicted molar refractivity (Wildman–Crippen MR) is 66.3 cm³/mol. The molecule has 0 atom stereocenters. The molecule has 1 fully saturated rings. The zero-order chi connectivity index (χ0) is 12.6. The van der Waals surface area contributed by atoms with Gasteiger partial charge >= 0.3 is 0 Å². The summed E-state index contributed by atoms with van der Waals surface area (Å²) in [6.07, 6.45) is 3.84. The van der Waals surface area contributed by atoms with E-state index in [0.717, 1.165) is 32.5 Å². The second kappa shape index (κ2) is 7.63. The number of amidine groups is 1. The molecule has 0 aromatic heterocycles. The van der Waals surface area contributed by atoms with Gasteiger partial charge in [0.15, 0.2) is 0 Å². The Morgan fingerprint density at radius 1 is 1.18 bits per heavy atom. The van der Waals surface area contributed by atoms with Gasteiger partial charge in [-0.3, -0.25) is 5.41 Å². The number of methoxy groups -OCH3 is 1. The molecule has 1 saturated carbocycles. The fourth-order valence-corrected chi connectivity index (χ4v) is 1.77. The van der Waals surface area contributed by atoms with Crippen molar-refractivity contribution in [3.05, 3.63) is 0 Å². The first-order valence-corrected chi connectivity index (χ1v) is 6.16. The van der Waals surface area contributed by atoms with E-state index in [2.05, 4.69) is 0 Å². The van der Waals surface area contributed by atoms with Crippen LogP contribution in [0.4, 0.5) is 0 Å². The maximum atomic E-state index is 7.29. The number of nitrogens with two attached hydrogens (primary N) is 1.